The first kappa shape index (κ1) is 17.3. The van der Waals surface area contributed by atoms with Gasteiger partial charge in [0.25, 0.3) is 5.92 Å². The monoisotopic (exact) mass is 342 g/mol. The number of aromatic nitrogens is 2. The smallest absolute Gasteiger partial charge is 0.251 e. The van der Waals surface area contributed by atoms with Gasteiger partial charge in [-0.1, -0.05) is 19.0 Å². The highest BCUT2D eigenvalue weighted by molar-refractivity contribution is 5.79. The van der Waals surface area contributed by atoms with Crippen LogP contribution in [0.4, 0.5) is 8.78 Å². The summed E-state index contributed by atoms with van der Waals surface area (Å²) in [5.74, 6) is -1.28. The van der Waals surface area contributed by atoms with E-state index in [1.165, 1.54) is 0 Å². The molecular formula is C16H24F2N4O2. The van der Waals surface area contributed by atoms with Crippen molar-refractivity contribution in [1.29, 1.82) is 0 Å². The fraction of sp³-hybridized carbons (Fsp3) is 0.812. The van der Waals surface area contributed by atoms with Crippen molar-refractivity contribution in [2.45, 2.75) is 51.5 Å². The average molecular weight is 342 g/mol. The van der Waals surface area contributed by atoms with Crippen LogP contribution in [0.1, 0.15) is 50.7 Å². The maximum absolute atomic E-state index is 13.2. The SMILES string of the molecule is CC(C)c1noc(CN2CCC(C(=O)N3CCC(F)(F)CC3)C2)n1. The number of alkyl halides is 2. The van der Waals surface area contributed by atoms with E-state index < -0.39 is 5.92 Å². The molecule has 8 heteroatoms. The van der Waals surface area contributed by atoms with Crippen molar-refractivity contribution < 1.29 is 18.1 Å². The molecule has 2 saturated heterocycles. The van der Waals surface area contributed by atoms with Gasteiger partial charge in [0, 0.05) is 38.4 Å². The van der Waals surface area contributed by atoms with Crippen LogP contribution < -0.4 is 0 Å². The molecule has 1 unspecified atom stereocenters. The van der Waals surface area contributed by atoms with Crippen LogP contribution in [0.2, 0.25) is 0 Å². The molecule has 3 rings (SSSR count). The lowest BCUT2D eigenvalue weighted by atomic mass is 10.0. The van der Waals surface area contributed by atoms with Crippen molar-refractivity contribution >= 4 is 5.91 Å². The number of carbonyl (C=O) groups excluding carboxylic acids is 1. The number of carbonyl (C=O) groups is 1. The summed E-state index contributed by atoms with van der Waals surface area (Å²) in [6, 6.07) is 0. The molecule has 0 aliphatic carbocycles. The van der Waals surface area contributed by atoms with E-state index in [0.717, 1.165) is 13.0 Å². The highest BCUT2D eigenvalue weighted by Gasteiger charge is 2.38. The molecule has 0 saturated carbocycles. The number of nitrogens with zero attached hydrogens (tertiary/aromatic N) is 4. The Labute approximate surface area is 140 Å². The molecule has 2 fully saturated rings. The van der Waals surface area contributed by atoms with Gasteiger partial charge in [-0.3, -0.25) is 9.69 Å². The number of amides is 1. The summed E-state index contributed by atoms with van der Waals surface area (Å²) in [5, 5.41) is 3.94. The molecule has 1 aromatic rings. The predicted molar refractivity (Wildman–Crippen MR) is 82.5 cm³/mol. The van der Waals surface area contributed by atoms with Gasteiger partial charge in [-0.2, -0.15) is 4.98 Å². The van der Waals surface area contributed by atoms with Crippen LogP contribution in [0, 0.1) is 5.92 Å². The minimum absolute atomic E-state index is 0.00129. The number of hydrogen-bond donors (Lipinski definition) is 0. The van der Waals surface area contributed by atoms with Gasteiger partial charge in [0.1, 0.15) is 0 Å². The number of piperidine rings is 1. The molecule has 1 atom stereocenters. The molecule has 1 amide bonds. The first-order valence-corrected chi connectivity index (χ1v) is 8.55. The number of halogens is 2. The number of hydrogen-bond acceptors (Lipinski definition) is 5. The number of rotatable bonds is 4. The molecule has 3 heterocycles. The zero-order valence-electron chi connectivity index (χ0n) is 14.2. The maximum Gasteiger partial charge on any atom is 0.251 e. The molecule has 0 aromatic carbocycles. The van der Waals surface area contributed by atoms with Gasteiger partial charge in [-0.25, -0.2) is 8.78 Å². The van der Waals surface area contributed by atoms with E-state index in [2.05, 4.69) is 15.0 Å². The summed E-state index contributed by atoms with van der Waals surface area (Å²) in [6.45, 7) is 6.24. The second-order valence-electron chi connectivity index (χ2n) is 7.10. The van der Waals surface area contributed by atoms with Crippen molar-refractivity contribution in [2.24, 2.45) is 5.92 Å². The Kier molecular flexibility index (Phi) is 4.85. The third-order valence-corrected chi connectivity index (χ3v) is 4.79. The van der Waals surface area contributed by atoms with Crippen LogP contribution in [0.15, 0.2) is 4.52 Å². The molecule has 24 heavy (non-hydrogen) atoms. The van der Waals surface area contributed by atoms with E-state index >= 15 is 0 Å². The van der Waals surface area contributed by atoms with Gasteiger partial charge in [0.05, 0.1) is 12.5 Å². The van der Waals surface area contributed by atoms with Crippen LogP contribution in [0.5, 0.6) is 0 Å². The van der Waals surface area contributed by atoms with Gasteiger partial charge in [-0.05, 0) is 13.0 Å². The van der Waals surface area contributed by atoms with Crippen molar-refractivity contribution in [1.82, 2.24) is 19.9 Å². The topological polar surface area (TPSA) is 62.5 Å². The summed E-state index contributed by atoms with van der Waals surface area (Å²) in [4.78, 5) is 20.6. The molecule has 2 aliphatic heterocycles. The second kappa shape index (κ2) is 6.74. The quantitative estimate of drug-likeness (QED) is 0.840. The fourth-order valence-electron chi connectivity index (χ4n) is 3.25. The van der Waals surface area contributed by atoms with Gasteiger partial charge >= 0.3 is 0 Å². The number of likely N-dealkylation sites (tertiary alicyclic amines) is 2. The van der Waals surface area contributed by atoms with Crippen molar-refractivity contribution in [3.05, 3.63) is 11.7 Å². The van der Waals surface area contributed by atoms with Crippen LogP contribution in [-0.2, 0) is 11.3 Å². The van der Waals surface area contributed by atoms with E-state index in [0.29, 0.717) is 24.8 Å². The Bertz CT molecular complexity index is 580. The van der Waals surface area contributed by atoms with E-state index in [9.17, 15) is 13.6 Å². The molecule has 0 radical (unpaired) electrons. The first-order valence-electron chi connectivity index (χ1n) is 8.55. The summed E-state index contributed by atoms with van der Waals surface area (Å²) < 4.78 is 31.7. The molecule has 0 N–H and O–H groups in total. The van der Waals surface area contributed by atoms with Crippen molar-refractivity contribution in [3.63, 3.8) is 0 Å². The lowest BCUT2D eigenvalue weighted by Gasteiger charge is -2.33. The highest BCUT2D eigenvalue weighted by atomic mass is 19.3. The summed E-state index contributed by atoms with van der Waals surface area (Å²) in [5.41, 5.74) is 0. The van der Waals surface area contributed by atoms with E-state index in [1.807, 2.05) is 13.8 Å². The Hall–Kier alpha value is -1.57. The van der Waals surface area contributed by atoms with E-state index in [-0.39, 0.29) is 43.7 Å². The highest BCUT2D eigenvalue weighted by Crippen LogP contribution is 2.29. The Morgan fingerprint density at radius 2 is 2.04 bits per heavy atom. The largest absolute Gasteiger partial charge is 0.342 e. The molecule has 0 bridgehead atoms. The molecule has 2 aliphatic rings. The van der Waals surface area contributed by atoms with Crippen LogP contribution in [0.25, 0.3) is 0 Å². The summed E-state index contributed by atoms with van der Waals surface area (Å²) in [7, 11) is 0. The first-order chi connectivity index (χ1) is 11.3. The lowest BCUT2D eigenvalue weighted by Crippen LogP contribution is -2.45. The maximum atomic E-state index is 13.2. The van der Waals surface area contributed by atoms with Crippen molar-refractivity contribution in [3.8, 4) is 0 Å². The zero-order valence-corrected chi connectivity index (χ0v) is 14.2. The molecule has 134 valence electrons. The standard InChI is InChI=1S/C16H24F2N4O2/c1-11(2)14-19-13(24-20-14)10-21-6-3-12(9-21)15(23)22-7-4-16(17,18)5-8-22/h11-12H,3-10H2,1-2H3. The summed E-state index contributed by atoms with van der Waals surface area (Å²) in [6.07, 6.45) is 0.293. The minimum atomic E-state index is -2.62. The van der Waals surface area contributed by atoms with Crippen LogP contribution in [0.3, 0.4) is 0 Å². The van der Waals surface area contributed by atoms with Gasteiger partial charge in [0.15, 0.2) is 5.82 Å². The molecular weight excluding hydrogens is 318 g/mol. The molecule has 0 spiro atoms. The van der Waals surface area contributed by atoms with Gasteiger partial charge in [0.2, 0.25) is 11.8 Å². The van der Waals surface area contributed by atoms with E-state index in [4.69, 9.17) is 4.52 Å². The van der Waals surface area contributed by atoms with Gasteiger partial charge < -0.3 is 9.42 Å². The summed E-state index contributed by atoms with van der Waals surface area (Å²) >= 11 is 0. The van der Waals surface area contributed by atoms with E-state index in [1.54, 1.807) is 4.90 Å². The molecule has 1 aromatic heterocycles. The third-order valence-electron chi connectivity index (χ3n) is 4.79. The Morgan fingerprint density at radius 1 is 1.33 bits per heavy atom. The average Bonchev–Trinajstić information content (AvgIpc) is 3.16. The Morgan fingerprint density at radius 3 is 2.67 bits per heavy atom. The van der Waals surface area contributed by atoms with Gasteiger partial charge in [-0.15, -0.1) is 0 Å². The molecule has 6 nitrogen and oxygen atoms in total. The third kappa shape index (κ3) is 3.91. The van der Waals surface area contributed by atoms with Crippen molar-refractivity contribution in [2.75, 3.05) is 26.2 Å². The predicted octanol–water partition coefficient (Wildman–Crippen LogP) is 2.27. The normalized spacial score (nSPS) is 24.7. The Balaban J connectivity index is 1.50. The van der Waals surface area contributed by atoms with Crippen LogP contribution in [-0.4, -0.2) is 57.9 Å². The minimum Gasteiger partial charge on any atom is -0.342 e. The zero-order chi connectivity index (χ0) is 17.3. The second-order valence-corrected chi connectivity index (χ2v) is 7.10. The van der Waals surface area contributed by atoms with Crippen LogP contribution >= 0.6 is 0 Å². The fourth-order valence-corrected chi connectivity index (χ4v) is 3.25. The lowest BCUT2D eigenvalue weighted by molar-refractivity contribution is -0.141.